The van der Waals surface area contributed by atoms with Crippen LogP contribution in [0.5, 0.6) is 0 Å². The third kappa shape index (κ3) is 2.18. The van der Waals surface area contributed by atoms with Crippen LogP contribution in [0.4, 0.5) is 0 Å². The number of aliphatic hydroxyl groups is 1. The summed E-state index contributed by atoms with van der Waals surface area (Å²) >= 11 is 0. The van der Waals surface area contributed by atoms with Gasteiger partial charge in [0.15, 0.2) is 0 Å². The molecule has 1 fully saturated rings. The van der Waals surface area contributed by atoms with Crippen LogP contribution in [0, 0.1) is 5.92 Å². The van der Waals surface area contributed by atoms with E-state index in [-0.39, 0.29) is 24.3 Å². The fourth-order valence-electron chi connectivity index (χ4n) is 1.09. The van der Waals surface area contributed by atoms with Gasteiger partial charge in [-0.15, -0.1) is 0 Å². The third-order valence-corrected chi connectivity index (χ3v) is 1.97. The van der Waals surface area contributed by atoms with Gasteiger partial charge in [-0.3, -0.25) is 9.59 Å². The maximum absolute atomic E-state index is 11.2. The van der Waals surface area contributed by atoms with E-state index in [0.29, 0.717) is 0 Å². The molecule has 1 saturated heterocycles. The van der Waals surface area contributed by atoms with E-state index in [0.717, 1.165) is 0 Å². The van der Waals surface area contributed by atoms with Crippen molar-refractivity contribution in [2.45, 2.75) is 26.0 Å². The third-order valence-electron chi connectivity index (χ3n) is 1.97. The fraction of sp³-hybridized carbons (Fsp3) is 0.750. The summed E-state index contributed by atoms with van der Waals surface area (Å²) in [5.41, 5.74) is 0. The Balaban J connectivity index is 2.52. The Hall–Kier alpha value is -1.10. The second-order valence-corrected chi connectivity index (χ2v) is 3.45. The summed E-state index contributed by atoms with van der Waals surface area (Å²) in [6.07, 6.45) is -0.810. The highest BCUT2D eigenvalue weighted by Gasteiger charge is 2.34. The summed E-state index contributed by atoms with van der Waals surface area (Å²) in [5, 5.41) is 14.2. The molecule has 1 aliphatic heterocycles. The van der Waals surface area contributed by atoms with Crippen LogP contribution in [0.25, 0.3) is 0 Å². The lowest BCUT2D eigenvalue weighted by atomic mass is 10.1. The monoisotopic (exact) mass is 186 g/mol. The molecular formula is C8H14N2O3. The van der Waals surface area contributed by atoms with Crippen molar-refractivity contribution >= 4 is 11.8 Å². The zero-order chi connectivity index (χ0) is 10.0. The van der Waals surface area contributed by atoms with Crippen LogP contribution in [0.2, 0.25) is 0 Å². The Labute approximate surface area is 76.5 Å². The van der Waals surface area contributed by atoms with Crippen LogP contribution in [0.15, 0.2) is 0 Å². The first-order valence-corrected chi connectivity index (χ1v) is 4.28. The van der Waals surface area contributed by atoms with Crippen molar-refractivity contribution in [3.05, 3.63) is 0 Å². The van der Waals surface area contributed by atoms with Gasteiger partial charge >= 0.3 is 0 Å². The number of hydrogen-bond donors (Lipinski definition) is 3. The van der Waals surface area contributed by atoms with E-state index in [2.05, 4.69) is 10.6 Å². The molecule has 0 saturated carbocycles. The van der Waals surface area contributed by atoms with Crippen LogP contribution >= 0.6 is 0 Å². The molecule has 0 spiro atoms. The van der Waals surface area contributed by atoms with Gasteiger partial charge in [0.1, 0.15) is 12.1 Å². The lowest BCUT2D eigenvalue weighted by Gasteiger charge is -2.14. The van der Waals surface area contributed by atoms with Gasteiger partial charge < -0.3 is 15.7 Å². The summed E-state index contributed by atoms with van der Waals surface area (Å²) < 4.78 is 0. The molecule has 0 bridgehead atoms. The van der Waals surface area contributed by atoms with Crippen molar-refractivity contribution < 1.29 is 14.7 Å². The summed E-state index contributed by atoms with van der Waals surface area (Å²) in [6.45, 7) is 3.67. The lowest BCUT2D eigenvalue weighted by Crippen LogP contribution is -2.46. The minimum absolute atomic E-state index is 0.180. The summed E-state index contributed by atoms with van der Waals surface area (Å²) in [5.74, 6) is -0.719. The van der Waals surface area contributed by atoms with Crippen LogP contribution in [-0.4, -0.2) is 35.6 Å². The lowest BCUT2D eigenvalue weighted by molar-refractivity contribution is -0.130. The average molecular weight is 186 g/mol. The molecule has 5 nitrogen and oxygen atoms in total. The summed E-state index contributed by atoms with van der Waals surface area (Å²) in [4.78, 5) is 22.2. The molecule has 2 amide bonds. The predicted molar refractivity (Wildman–Crippen MR) is 45.8 cm³/mol. The number of nitrogens with one attached hydrogen (secondary N) is 2. The Morgan fingerprint density at radius 3 is 2.69 bits per heavy atom. The first kappa shape index (κ1) is 9.98. The topological polar surface area (TPSA) is 78.4 Å². The van der Waals surface area contributed by atoms with Gasteiger partial charge in [0.2, 0.25) is 11.8 Å². The summed E-state index contributed by atoms with van der Waals surface area (Å²) in [6, 6.07) is -0.783. The number of rotatable bonds is 2. The average Bonchev–Trinajstić information content (AvgIpc) is 2.35. The van der Waals surface area contributed by atoms with E-state index >= 15 is 0 Å². The Morgan fingerprint density at radius 2 is 2.31 bits per heavy atom. The maximum Gasteiger partial charge on any atom is 0.245 e. The van der Waals surface area contributed by atoms with E-state index < -0.39 is 12.1 Å². The zero-order valence-electron chi connectivity index (χ0n) is 7.70. The van der Waals surface area contributed by atoms with Gasteiger partial charge in [-0.05, 0) is 0 Å². The number of β-amino-alcohol motifs (C(OH)–C–C–N with tert-alkyl or cyclic N) is 1. The van der Waals surface area contributed by atoms with Crippen molar-refractivity contribution in [1.29, 1.82) is 0 Å². The largest absolute Gasteiger partial charge is 0.389 e. The molecule has 13 heavy (non-hydrogen) atoms. The molecule has 0 aliphatic carbocycles. The van der Waals surface area contributed by atoms with Crippen molar-refractivity contribution in [3.63, 3.8) is 0 Å². The first-order chi connectivity index (χ1) is 6.02. The molecule has 3 N–H and O–H groups in total. The van der Waals surface area contributed by atoms with Crippen molar-refractivity contribution in [2.75, 3.05) is 6.54 Å². The molecule has 0 aromatic rings. The zero-order valence-corrected chi connectivity index (χ0v) is 7.70. The van der Waals surface area contributed by atoms with Gasteiger partial charge in [0.05, 0.1) is 0 Å². The van der Waals surface area contributed by atoms with Gasteiger partial charge in [-0.25, -0.2) is 0 Å². The second-order valence-electron chi connectivity index (χ2n) is 3.45. The van der Waals surface area contributed by atoms with Gasteiger partial charge in [0.25, 0.3) is 0 Å². The van der Waals surface area contributed by atoms with E-state index in [4.69, 9.17) is 0 Å². The quantitative estimate of drug-likeness (QED) is 0.497. The molecule has 5 heteroatoms. The number of carbonyl (C=O) groups excluding carboxylic acids is 2. The van der Waals surface area contributed by atoms with Crippen LogP contribution < -0.4 is 10.6 Å². The fourth-order valence-corrected chi connectivity index (χ4v) is 1.09. The van der Waals surface area contributed by atoms with Gasteiger partial charge in [-0.2, -0.15) is 0 Å². The highest BCUT2D eigenvalue weighted by Crippen LogP contribution is 2.02. The predicted octanol–water partition coefficient (Wildman–Crippen LogP) is -1.38. The van der Waals surface area contributed by atoms with Crippen molar-refractivity contribution in [3.8, 4) is 0 Å². The molecule has 1 rings (SSSR count). The highest BCUT2D eigenvalue weighted by molar-refractivity contribution is 5.90. The van der Waals surface area contributed by atoms with Crippen molar-refractivity contribution in [2.24, 2.45) is 5.92 Å². The second kappa shape index (κ2) is 3.74. The number of aliphatic hydroxyl groups excluding tert-OH is 1. The molecule has 2 unspecified atom stereocenters. The highest BCUT2D eigenvalue weighted by atomic mass is 16.3. The maximum atomic E-state index is 11.2. The van der Waals surface area contributed by atoms with E-state index in [1.54, 1.807) is 13.8 Å². The normalized spacial score (nSPS) is 27.5. The van der Waals surface area contributed by atoms with Gasteiger partial charge in [0, 0.05) is 12.5 Å². The Kier molecular flexibility index (Phi) is 2.87. The minimum atomic E-state index is -0.810. The number of carbonyl (C=O) groups is 2. The van der Waals surface area contributed by atoms with Crippen LogP contribution in [-0.2, 0) is 9.59 Å². The standard InChI is InChI=1S/C8H14N2O3/c1-4(2)7(12)10-6-5(11)3-9-8(6)13/h4-6,11H,3H2,1-2H3,(H,9,13)(H,10,12). The number of amides is 2. The Morgan fingerprint density at radius 1 is 1.69 bits per heavy atom. The van der Waals surface area contributed by atoms with Crippen LogP contribution in [0.3, 0.4) is 0 Å². The number of hydrogen-bond acceptors (Lipinski definition) is 3. The smallest absolute Gasteiger partial charge is 0.245 e. The van der Waals surface area contributed by atoms with E-state index in [1.807, 2.05) is 0 Å². The van der Waals surface area contributed by atoms with Crippen LogP contribution in [0.1, 0.15) is 13.8 Å². The molecule has 2 atom stereocenters. The minimum Gasteiger partial charge on any atom is -0.389 e. The van der Waals surface area contributed by atoms with Crippen molar-refractivity contribution in [1.82, 2.24) is 10.6 Å². The molecule has 1 heterocycles. The molecule has 1 aliphatic rings. The molecule has 74 valence electrons. The SMILES string of the molecule is CC(C)C(=O)NC1C(=O)NCC1O. The summed E-state index contributed by atoms with van der Waals surface area (Å²) in [7, 11) is 0. The molecule has 0 aromatic heterocycles. The molecular weight excluding hydrogens is 172 g/mol. The van der Waals surface area contributed by atoms with E-state index in [1.165, 1.54) is 0 Å². The molecule has 0 radical (unpaired) electrons. The van der Waals surface area contributed by atoms with Gasteiger partial charge in [-0.1, -0.05) is 13.8 Å². The Bertz CT molecular complexity index is 227. The first-order valence-electron chi connectivity index (χ1n) is 4.28. The van der Waals surface area contributed by atoms with E-state index in [9.17, 15) is 14.7 Å². The molecule has 0 aromatic carbocycles.